The molecule has 0 aliphatic carbocycles. The maximum Gasteiger partial charge on any atom is 0.152 e. The van der Waals surface area contributed by atoms with E-state index in [1.54, 1.807) is 0 Å². The zero-order chi connectivity index (χ0) is 9.99. The summed E-state index contributed by atoms with van der Waals surface area (Å²) in [6.07, 6.45) is 0.854. The average Bonchev–Trinajstić information content (AvgIpc) is 1.99. The second-order valence-electron chi connectivity index (χ2n) is 4.56. The van der Waals surface area contributed by atoms with E-state index in [1.807, 2.05) is 13.8 Å². The first-order chi connectivity index (χ1) is 5.29. The minimum Gasteiger partial charge on any atom is -0.324 e. The molecule has 0 amide bonds. The van der Waals surface area contributed by atoms with Gasteiger partial charge in [-0.1, -0.05) is 34.6 Å². The van der Waals surface area contributed by atoms with Gasteiger partial charge in [0.2, 0.25) is 0 Å². The lowest BCUT2D eigenvalue weighted by Gasteiger charge is -2.39. The van der Waals surface area contributed by atoms with Crippen LogP contribution in [0.1, 0.15) is 41.0 Å². The van der Waals surface area contributed by atoms with Crippen LogP contribution in [0.5, 0.6) is 0 Å². The Bertz CT molecular complexity index is 169. The summed E-state index contributed by atoms with van der Waals surface area (Å²) in [5.41, 5.74) is 5.10. The molecule has 72 valence electrons. The molecule has 0 heterocycles. The molecule has 0 rings (SSSR count). The summed E-state index contributed by atoms with van der Waals surface area (Å²) in [5.74, 6) is 0.164. The zero-order valence-electron chi connectivity index (χ0n) is 8.90. The SMILES string of the molecule is CCC(C)(C(=O)CN)C(C)(C)C. The topological polar surface area (TPSA) is 43.1 Å². The first-order valence-electron chi connectivity index (χ1n) is 4.53. The number of carbonyl (C=O) groups is 1. The van der Waals surface area contributed by atoms with Crippen molar-refractivity contribution in [1.82, 2.24) is 0 Å². The maximum absolute atomic E-state index is 11.6. The van der Waals surface area contributed by atoms with Crippen LogP contribution in [0.3, 0.4) is 0 Å². The van der Waals surface area contributed by atoms with Crippen molar-refractivity contribution in [2.75, 3.05) is 6.54 Å². The number of Topliss-reactive ketones (excluding diaryl/α,β-unsaturated/α-hetero) is 1. The predicted octanol–water partition coefficient (Wildman–Crippen LogP) is 1.98. The molecule has 0 fully saturated rings. The number of nitrogens with two attached hydrogens (primary N) is 1. The summed E-state index contributed by atoms with van der Waals surface area (Å²) in [6.45, 7) is 10.5. The Balaban J connectivity index is 4.80. The van der Waals surface area contributed by atoms with Crippen LogP contribution in [0, 0.1) is 10.8 Å². The maximum atomic E-state index is 11.6. The van der Waals surface area contributed by atoms with E-state index in [9.17, 15) is 4.79 Å². The minimum absolute atomic E-state index is 0.00178. The highest BCUT2D eigenvalue weighted by Crippen LogP contribution is 2.41. The third-order valence-corrected chi connectivity index (χ3v) is 3.16. The summed E-state index contributed by atoms with van der Waals surface area (Å²) >= 11 is 0. The Morgan fingerprint density at radius 2 is 1.67 bits per heavy atom. The van der Waals surface area contributed by atoms with Gasteiger partial charge in [0, 0.05) is 5.41 Å². The lowest BCUT2D eigenvalue weighted by Crippen LogP contribution is -2.43. The van der Waals surface area contributed by atoms with E-state index in [0.717, 1.165) is 6.42 Å². The van der Waals surface area contributed by atoms with Gasteiger partial charge in [-0.25, -0.2) is 0 Å². The smallest absolute Gasteiger partial charge is 0.152 e. The van der Waals surface area contributed by atoms with Gasteiger partial charge in [-0.2, -0.15) is 0 Å². The van der Waals surface area contributed by atoms with E-state index in [-0.39, 0.29) is 23.2 Å². The molecular weight excluding hydrogens is 150 g/mol. The zero-order valence-corrected chi connectivity index (χ0v) is 8.90. The van der Waals surface area contributed by atoms with Crippen LogP contribution in [-0.2, 0) is 4.79 Å². The fraction of sp³-hybridized carbons (Fsp3) is 0.900. The molecule has 12 heavy (non-hydrogen) atoms. The fourth-order valence-electron chi connectivity index (χ4n) is 1.37. The molecule has 0 saturated heterocycles. The molecule has 0 aliphatic heterocycles. The van der Waals surface area contributed by atoms with Crippen molar-refractivity contribution in [2.24, 2.45) is 16.6 Å². The van der Waals surface area contributed by atoms with Gasteiger partial charge in [0.05, 0.1) is 6.54 Å². The monoisotopic (exact) mass is 171 g/mol. The van der Waals surface area contributed by atoms with E-state index in [2.05, 4.69) is 20.8 Å². The van der Waals surface area contributed by atoms with Crippen molar-refractivity contribution in [3.05, 3.63) is 0 Å². The second kappa shape index (κ2) is 3.56. The molecule has 0 aromatic rings. The highest BCUT2D eigenvalue weighted by atomic mass is 16.1. The summed E-state index contributed by atoms with van der Waals surface area (Å²) < 4.78 is 0. The molecule has 2 heteroatoms. The van der Waals surface area contributed by atoms with Crippen molar-refractivity contribution in [1.29, 1.82) is 0 Å². The van der Waals surface area contributed by atoms with Gasteiger partial charge in [-0.15, -0.1) is 0 Å². The predicted molar refractivity (Wildman–Crippen MR) is 51.9 cm³/mol. The number of carbonyl (C=O) groups excluding carboxylic acids is 1. The molecule has 1 unspecified atom stereocenters. The van der Waals surface area contributed by atoms with E-state index in [4.69, 9.17) is 5.73 Å². The molecule has 0 aromatic carbocycles. The number of hydrogen-bond donors (Lipinski definition) is 1. The second-order valence-corrected chi connectivity index (χ2v) is 4.56. The van der Waals surface area contributed by atoms with Crippen LogP contribution in [0.2, 0.25) is 0 Å². The van der Waals surface area contributed by atoms with Crippen LogP contribution in [0.15, 0.2) is 0 Å². The van der Waals surface area contributed by atoms with Crippen molar-refractivity contribution in [3.8, 4) is 0 Å². The quantitative estimate of drug-likeness (QED) is 0.705. The number of rotatable bonds is 3. The standard InChI is InChI=1S/C10H21NO/c1-6-10(5,8(12)7-11)9(2,3)4/h6-7,11H2,1-5H3. The van der Waals surface area contributed by atoms with Gasteiger partial charge >= 0.3 is 0 Å². The van der Waals surface area contributed by atoms with Gasteiger partial charge in [-0.05, 0) is 11.8 Å². The molecule has 2 nitrogen and oxygen atoms in total. The first-order valence-corrected chi connectivity index (χ1v) is 4.53. The van der Waals surface area contributed by atoms with E-state index >= 15 is 0 Å². The Morgan fingerprint density at radius 3 is 1.75 bits per heavy atom. The molecule has 2 N–H and O–H groups in total. The molecule has 0 radical (unpaired) electrons. The third-order valence-electron chi connectivity index (χ3n) is 3.16. The van der Waals surface area contributed by atoms with Crippen LogP contribution >= 0.6 is 0 Å². The number of ketones is 1. The van der Waals surface area contributed by atoms with Gasteiger partial charge in [-0.3, -0.25) is 4.79 Å². The first kappa shape index (κ1) is 11.6. The van der Waals surface area contributed by atoms with Crippen molar-refractivity contribution in [2.45, 2.75) is 41.0 Å². The highest BCUT2D eigenvalue weighted by Gasteiger charge is 2.41. The molecule has 0 aliphatic rings. The lowest BCUT2D eigenvalue weighted by atomic mass is 9.64. The molecule has 1 atom stereocenters. The van der Waals surface area contributed by atoms with Gasteiger partial charge in [0.25, 0.3) is 0 Å². The summed E-state index contributed by atoms with van der Waals surface area (Å²) in [4.78, 5) is 11.6. The molecule has 0 spiro atoms. The molecule has 0 aromatic heterocycles. The summed E-state index contributed by atoms with van der Waals surface area (Å²) in [7, 11) is 0. The summed E-state index contributed by atoms with van der Waals surface area (Å²) in [5, 5.41) is 0. The van der Waals surface area contributed by atoms with Crippen molar-refractivity contribution >= 4 is 5.78 Å². The Hall–Kier alpha value is -0.370. The van der Waals surface area contributed by atoms with Gasteiger partial charge < -0.3 is 5.73 Å². The van der Waals surface area contributed by atoms with Crippen molar-refractivity contribution < 1.29 is 4.79 Å². The normalized spacial score (nSPS) is 17.2. The van der Waals surface area contributed by atoms with E-state index in [1.165, 1.54) is 0 Å². The molecule has 0 bridgehead atoms. The lowest BCUT2D eigenvalue weighted by molar-refractivity contribution is -0.132. The summed E-state index contributed by atoms with van der Waals surface area (Å²) in [6, 6.07) is 0. The van der Waals surface area contributed by atoms with Crippen LogP contribution in [0.25, 0.3) is 0 Å². The Labute approximate surface area is 75.5 Å². The molecular formula is C10H21NO. The largest absolute Gasteiger partial charge is 0.324 e. The minimum atomic E-state index is -0.276. The van der Waals surface area contributed by atoms with E-state index < -0.39 is 0 Å². The Kier molecular flexibility index (Phi) is 3.45. The number of hydrogen-bond acceptors (Lipinski definition) is 2. The van der Waals surface area contributed by atoms with E-state index in [0.29, 0.717) is 0 Å². The van der Waals surface area contributed by atoms with Gasteiger partial charge in [0.1, 0.15) is 0 Å². The highest BCUT2D eigenvalue weighted by molar-refractivity contribution is 5.86. The van der Waals surface area contributed by atoms with Crippen LogP contribution in [0.4, 0.5) is 0 Å². The van der Waals surface area contributed by atoms with Gasteiger partial charge in [0.15, 0.2) is 5.78 Å². The third kappa shape index (κ3) is 1.86. The Morgan fingerprint density at radius 1 is 1.25 bits per heavy atom. The average molecular weight is 171 g/mol. The van der Waals surface area contributed by atoms with Crippen molar-refractivity contribution in [3.63, 3.8) is 0 Å². The molecule has 0 saturated carbocycles. The van der Waals surface area contributed by atoms with Crippen LogP contribution < -0.4 is 5.73 Å². The van der Waals surface area contributed by atoms with Crippen LogP contribution in [-0.4, -0.2) is 12.3 Å². The fourth-order valence-corrected chi connectivity index (χ4v) is 1.37.